The first-order valence-corrected chi connectivity index (χ1v) is 10.4. The number of allylic oxidation sites excluding steroid dienone is 2. The second-order valence-electron chi connectivity index (χ2n) is 6.74. The zero-order valence-corrected chi connectivity index (χ0v) is 16.5. The molecule has 3 aromatic rings. The molecule has 138 valence electrons. The van der Waals surface area contributed by atoms with Crippen molar-refractivity contribution in [3.05, 3.63) is 82.0 Å². The zero-order valence-electron chi connectivity index (χ0n) is 14.9. The van der Waals surface area contributed by atoms with Crippen LogP contribution >= 0.6 is 23.4 Å². The molecule has 5 rings (SSSR count). The molecule has 0 saturated carbocycles. The fourth-order valence-corrected chi connectivity index (χ4v) is 5.46. The van der Waals surface area contributed by atoms with Crippen LogP contribution in [0.2, 0.25) is 5.15 Å². The van der Waals surface area contributed by atoms with Crippen LogP contribution in [0.3, 0.4) is 0 Å². The van der Waals surface area contributed by atoms with Crippen LogP contribution in [0, 0.1) is 0 Å². The van der Waals surface area contributed by atoms with Crippen LogP contribution in [0.5, 0.6) is 0 Å². The molecule has 0 amide bonds. The Labute approximate surface area is 172 Å². The van der Waals surface area contributed by atoms with Gasteiger partial charge >= 0.3 is 0 Å². The van der Waals surface area contributed by atoms with Gasteiger partial charge in [-0.2, -0.15) is 0 Å². The summed E-state index contributed by atoms with van der Waals surface area (Å²) in [7, 11) is 0. The standard InChI is InChI=1S/C21H16ClN5S/c22-20-18-17-15(12-13-4-8-23-9-5-13)2-1-3-16(17)19(14-6-10-24-11-7-14)28-21(18)26-27-25-20/h4-12,19H,1-3H2/b15-12+. The maximum Gasteiger partial charge on any atom is 0.164 e. The van der Waals surface area contributed by atoms with E-state index < -0.39 is 0 Å². The van der Waals surface area contributed by atoms with E-state index in [1.165, 1.54) is 22.3 Å². The van der Waals surface area contributed by atoms with Crippen LogP contribution in [0.15, 0.2) is 65.2 Å². The summed E-state index contributed by atoms with van der Waals surface area (Å²) in [5, 5.41) is 13.6. The van der Waals surface area contributed by atoms with E-state index in [4.69, 9.17) is 11.6 Å². The van der Waals surface area contributed by atoms with Crippen molar-refractivity contribution >= 4 is 35.0 Å². The average Bonchev–Trinajstić information content (AvgIpc) is 2.75. The van der Waals surface area contributed by atoms with Gasteiger partial charge in [-0.15, -0.1) is 10.2 Å². The summed E-state index contributed by atoms with van der Waals surface area (Å²) in [6.07, 6.45) is 12.7. The van der Waals surface area contributed by atoms with E-state index in [0.29, 0.717) is 5.15 Å². The van der Waals surface area contributed by atoms with Gasteiger partial charge in [-0.1, -0.05) is 29.4 Å². The highest BCUT2D eigenvalue weighted by Gasteiger charge is 2.35. The van der Waals surface area contributed by atoms with Crippen molar-refractivity contribution in [2.45, 2.75) is 29.5 Å². The van der Waals surface area contributed by atoms with Crippen molar-refractivity contribution in [3.63, 3.8) is 0 Å². The minimum absolute atomic E-state index is 0.180. The third-order valence-corrected chi connectivity index (χ3v) is 6.64. The van der Waals surface area contributed by atoms with Gasteiger partial charge in [0.15, 0.2) is 5.15 Å². The van der Waals surface area contributed by atoms with Crippen molar-refractivity contribution in [2.24, 2.45) is 0 Å². The van der Waals surface area contributed by atoms with Crippen molar-refractivity contribution in [2.75, 3.05) is 0 Å². The van der Waals surface area contributed by atoms with Crippen molar-refractivity contribution in [1.29, 1.82) is 0 Å². The number of hydrogen-bond donors (Lipinski definition) is 0. The molecule has 0 N–H and O–H groups in total. The number of rotatable bonds is 2. The fraction of sp³-hybridized carbons (Fsp3) is 0.190. The van der Waals surface area contributed by atoms with Gasteiger partial charge in [0, 0.05) is 24.8 Å². The lowest BCUT2D eigenvalue weighted by atomic mass is 9.80. The summed E-state index contributed by atoms with van der Waals surface area (Å²) in [5.41, 5.74) is 7.10. The molecular formula is C21H16ClN5S. The lowest BCUT2D eigenvalue weighted by Gasteiger charge is -2.33. The molecule has 0 bridgehead atoms. The summed E-state index contributed by atoms with van der Waals surface area (Å²) >= 11 is 8.21. The molecular weight excluding hydrogens is 390 g/mol. The number of hydrogen-bond acceptors (Lipinski definition) is 6. The lowest BCUT2D eigenvalue weighted by Crippen LogP contribution is -2.16. The Morgan fingerprint density at radius 1 is 0.964 bits per heavy atom. The van der Waals surface area contributed by atoms with E-state index >= 15 is 0 Å². The van der Waals surface area contributed by atoms with E-state index in [1.54, 1.807) is 11.8 Å². The van der Waals surface area contributed by atoms with Crippen molar-refractivity contribution < 1.29 is 0 Å². The Hall–Kier alpha value is -2.57. The van der Waals surface area contributed by atoms with E-state index in [-0.39, 0.29) is 5.25 Å². The monoisotopic (exact) mass is 405 g/mol. The minimum atomic E-state index is 0.180. The quantitative estimate of drug-likeness (QED) is 0.585. The normalized spacial score (nSPS) is 20.0. The second-order valence-corrected chi connectivity index (χ2v) is 8.19. The van der Waals surface area contributed by atoms with Crippen molar-refractivity contribution in [1.82, 2.24) is 25.4 Å². The topological polar surface area (TPSA) is 64.5 Å². The highest BCUT2D eigenvalue weighted by molar-refractivity contribution is 7.99. The molecule has 1 unspecified atom stereocenters. The molecule has 0 fully saturated rings. The van der Waals surface area contributed by atoms with Crippen LogP contribution < -0.4 is 0 Å². The smallest absolute Gasteiger partial charge is 0.164 e. The van der Waals surface area contributed by atoms with Gasteiger partial charge in [0.25, 0.3) is 0 Å². The predicted molar refractivity (Wildman–Crippen MR) is 111 cm³/mol. The van der Waals surface area contributed by atoms with Crippen LogP contribution in [-0.4, -0.2) is 25.4 Å². The van der Waals surface area contributed by atoms with Crippen LogP contribution in [0.25, 0.3) is 11.6 Å². The Morgan fingerprint density at radius 2 is 1.71 bits per heavy atom. The summed E-state index contributed by atoms with van der Waals surface area (Å²) in [5.74, 6) is 0. The Balaban J connectivity index is 1.73. The largest absolute Gasteiger partial charge is 0.265 e. The summed E-state index contributed by atoms with van der Waals surface area (Å²) in [6, 6.07) is 8.19. The van der Waals surface area contributed by atoms with Gasteiger partial charge < -0.3 is 0 Å². The number of pyridine rings is 2. The number of halogens is 1. The minimum Gasteiger partial charge on any atom is -0.265 e. The first-order chi connectivity index (χ1) is 13.8. The maximum absolute atomic E-state index is 6.52. The van der Waals surface area contributed by atoms with E-state index in [1.807, 2.05) is 36.9 Å². The molecule has 7 heteroatoms. The van der Waals surface area contributed by atoms with E-state index in [2.05, 4.69) is 43.6 Å². The molecule has 1 atom stereocenters. The Bertz CT molecular complexity index is 1080. The molecule has 0 spiro atoms. The highest BCUT2D eigenvalue weighted by atomic mass is 35.5. The average molecular weight is 406 g/mol. The van der Waals surface area contributed by atoms with Crippen LogP contribution in [-0.2, 0) is 0 Å². The van der Waals surface area contributed by atoms with E-state index in [9.17, 15) is 0 Å². The molecule has 0 saturated heterocycles. The third kappa shape index (κ3) is 3.12. The number of aromatic nitrogens is 5. The highest BCUT2D eigenvalue weighted by Crippen LogP contribution is 2.55. The lowest BCUT2D eigenvalue weighted by molar-refractivity contribution is 0.746. The van der Waals surface area contributed by atoms with Gasteiger partial charge in [0.1, 0.15) is 5.03 Å². The maximum atomic E-state index is 6.52. The van der Waals surface area contributed by atoms with Gasteiger partial charge in [-0.3, -0.25) is 9.97 Å². The predicted octanol–water partition coefficient (Wildman–Crippen LogP) is 5.18. The summed E-state index contributed by atoms with van der Waals surface area (Å²) < 4.78 is 0. The van der Waals surface area contributed by atoms with Crippen LogP contribution in [0.1, 0.15) is 41.2 Å². The number of thioether (sulfide) groups is 1. The second kappa shape index (κ2) is 7.45. The zero-order chi connectivity index (χ0) is 18.9. The van der Waals surface area contributed by atoms with Crippen molar-refractivity contribution in [3.8, 4) is 0 Å². The molecule has 1 aliphatic carbocycles. The van der Waals surface area contributed by atoms with Gasteiger partial charge in [0.05, 0.1) is 10.8 Å². The SMILES string of the molecule is Clc1nnnc2c1C1=C(CCC/C1=C\c1ccncc1)C(c1ccncc1)S2. The fourth-order valence-electron chi connectivity index (χ4n) is 3.89. The van der Waals surface area contributed by atoms with E-state index in [0.717, 1.165) is 35.4 Å². The molecule has 2 aliphatic rings. The molecule has 3 aromatic heterocycles. The molecule has 28 heavy (non-hydrogen) atoms. The first kappa shape index (κ1) is 17.5. The van der Waals surface area contributed by atoms with Gasteiger partial charge in [-0.25, -0.2) is 0 Å². The van der Waals surface area contributed by atoms with Gasteiger partial charge in [0.2, 0.25) is 0 Å². The molecule has 4 heterocycles. The first-order valence-electron chi connectivity index (χ1n) is 9.11. The molecule has 0 aromatic carbocycles. The summed E-state index contributed by atoms with van der Waals surface area (Å²) in [6.45, 7) is 0. The molecule has 5 nitrogen and oxygen atoms in total. The Morgan fingerprint density at radius 3 is 2.50 bits per heavy atom. The van der Waals surface area contributed by atoms with Gasteiger partial charge in [-0.05, 0) is 76.6 Å². The number of fused-ring (bicyclic) bond motifs is 2. The Kier molecular flexibility index (Phi) is 4.66. The summed E-state index contributed by atoms with van der Waals surface area (Å²) in [4.78, 5) is 8.29. The molecule has 1 aliphatic heterocycles. The number of nitrogens with zero attached hydrogens (tertiary/aromatic N) is 5. The molecule has 0 radical (unpaired) electrons. The third-order valence-electron chi connectivity index (χ3n) is 5.07. The van der Waals surface area contributed by atoms with Crippen LogP contribution in [0.4, 0.5) is 0 Å².